The number of likely N-dealkylation sites (tertiary alicyclic amines) is 1. The van der Waals surface area contributed by atoms with Gasteiger partial charge in [0.1, 0.15) is 0 Å². The summed E-state index contributed by atoms with van der Waals surface area (Å²) in [6.45, 7) is 0.918. The molecule has 164 valence electrons. The SMILES string of the molecule is O=C(Nc1ccccc1SCC(F)(F)F)C1CCN(C(=O)/C=C/c2ccccc2)CC1. The fourth-order valence-corrected chi connectivity index (χ4v) is 4.06. The lowest BCUT2D eigenvalue weighted by Crippen LogP contribution is -2.40. The summed E-state index contributed by atoms with van der Waals surface area (Å²) in [5.41, 5.74) is 1.32. The largest absolute Gasteiger partial charge is 0.398 e. The molecule has 0 aliphatic carbocycles. The second-order valence-corrected chi connectivity index (χ2v) is 8.25. The third kappa shape index (κ3) is 7.17. The van der Waals surface area contributed by atoms with E-state index in [1.165, 1.54) is 6.08 Å². The molecular formula is C23H23F3N2O2S. The quantitative estimate of drug-likeness (QED) is 0.486. The molecule has 2 amide bonds. The number of para-hydroxylation sites is 1. The van der Waals surface area contributed by atoms with Crippen molar-refractivity contribution in [3.63, 3.8) is 0 Å². The lowest BCUT2D eigenvalue weighted by atomic mass is 9.95. The Morgan fingerprint density at radius 1 is 1.03 bits per heavy atom. The third-order valence-electron chi connectivity index (χ3n) is 4.93. The van der Waals surface area contributed by atoms with E-state index in [-0.39, 0.29) is 17.7 Å². The minimum atomic E-state index is -4.28. The molecule has 0 bridgehead atoms. The number of thioether (sulfide) groups is 1. The number of halogens is 3. The fraction of sp³-hybridized carbons (Fsp3) is 0.304. The normalized spacial score (nSPS) is 15.3. The van der Waals surface area contributed by atoms with Crippen LogP contribution in [-0.4, -0.2) is 41.7 Å². The molecule has 0 radical (unpaired) electrons. The predicted octanol–water partition coefficient (Wildman–Crippen LogP) is 5.23. The number of carbonyl (C=O) groups excluding carboxylic acids is 2. The van der Waals surface area contributed by atoms with Crippen molar-refractivity contribution in [1.82, 2.24) is 4.90 Å². The summed E-state index contributed by atoms with van der Waals surface area (Å²) >= 11 is 0.650. The van der Waals surface area contributed by atoms with Gasteiger partial charge in [0.15, 0.2) is 0 Å². The van der Waals surface area contributed by atoms with Crippen LogP contribution in [0.25, 0.3) is 6.08 Å². The molecule has 1 aliphatic rings. The third-order valence-corrected chi connectivity index (χ3v) is 6.07. The van der Waals surface area contributed by atoms with Gasteiger partial charge in [0.25, 0.3) is 0 Å². The molecule has 0 spiro atoms. The molecule has 0 unspecified atom stereocenters. The zero-order valence-electron chi connectivity index (χ0n) is 16.8. The van der Waals surface area contributed by atoms with E-state index in [0.717, 1.165) is 5.56 Å². The van der Waals surface area contributed by atoms with E-state index >= 15 is 0 Å². The smallest absolute Gasteiger partial charge is 0.339 e. The van der Waals surface area contributed by atoms with Crippen molar-refractivity contribution in [3.8, 4) is 0 Å². The molecule has 0 aromatic heterocycles. The highest BCUT2D eigenvalue weighted by Crippen LogP contribution is 2.32. The first kappa shape index (κ1) is 22.9. The molecule has 2 aromatic carbocycles. The van der Waals surface area contributed by atoms with Gasteiger partial charge in [-0.05, 0) is 36.6 Å². The zero-order valence-corrected chi connectivity index (χ0v) is 17.6. The Kier molecular flexibility index (Phi) is 7.79. The van der Waals surface area contributed by atoms with Crippen LogP contribution in [0.15, 0.2) is 65.6 Å². The van der Waals surface area contributed by atoms with Crippen LogP contribution in [0.1, 0.15) is 18.4 Å². The summed E-state index contributed by atoms with van der Waals surface area (Å²) in [6, 6.07) is 16.0. The van der Waals surface area contributed by atoms with Crippen molar-refractivity contribution >= 4 is 35.3 Å². The van der Waals surface area contributed by atoms with Gasteiger partial charge in [-0.3, -0.25) is 9.59 Å². The van der Waals surface area contributed by atoms with Crippen molar-refractivity contribution in [1.29, 1.82) is 0 Å². The lowest BCUT2D eigenvalue weighted by molar-refractivity contribution is -0.130. The minimum absolute atomic E-state index is 0.100. The van der Waals surface area contributed by atoms with E-state index < -0.39 is 11.9 Å². The number of nitrogens with zero attached hydrogens (tertiary/aromatic N) is 1. The number of benzene rings is 2. The topological polar surface area (TPSA) is 49.4 Å². The molecule has 2 aromatic rings. The monoisotopic (exact) mass is 448 g/mol. The van der Waals surface area contributed by atoms with Gasteiger partial charge in [-0.25, -0.2) is 0 Å². The number of hydrogen-bond acceptors (Lipinski definition) is 3. The van der Waals surface area contributed by atoms with Gasteiger partial charge < -0.3 is 10.2 Å². The Balaban J connectivity index is 1.52. The fourth-order valence-electron chi connectivity index (χ4n) is 3.29. The Morgan fingerprint density at radius 3 is 2.35 bits per heavy atom. The summed E-state index contributed by atoms with van der Waals surface area (Å²) in [6.07, 6.45) is 0.0276. The van der Waals surface area contributed by atoms with Crippen molar-refractivity contribution in [2.45, 2.75) is 23.9 Å². The Labute approximate surface area is 183 Å². The molecule has 1 heterocycles. The van der Waals surface area contributed by atoms with Crippen molar-refractivity contribution < 1.29 is 22.8 Å². The van der Waals surface area contributed by atoms with Crippen molar-refractivity contribution in [2.24, 2.45) is 5.92 Å². The van der Waals surface area contributed by atoms with E-state index in [1.54, 1.807) is 35.2 Å². The molecule has 1 saturated heterocycles. The zero-order chi connectivity index (χ0) is 22.3. The number of rotatable bonds is 6. The number of anilines is 1. The van der Waals surface area contributed by atoms with Crippen molar-refractivity contribution in [3.05, 3.63) is 66.2 Å². The Hall–Kier alpha value is -2.74. The summed E-state index contributed by atoms with van der Waals surface area (Å²) in [4.78, 5) is 27.1. The minimum Gasteiger partial charge on any atom is -0.339 e. The number of amides is 2. The second kappa shape index (κ2) is 10.5. The van der Waals surface area contributed by atoms with Gasteiger partial charge in [-0.15, -0.1) is 11.8 Å². The van der Waals surface area contributed by atoms with E-state index in [9.17, 15) is 22.8 Å². The number of hydrogen-bond donors (Lipinski definition) is 1. The number of piperidine rings is 1. The molecular weight excluding hydrogens is 425 g/mol. The molecule has 1 N–H and O–H groups in total. The molecule has 0 atom stereocenters. The summed E-state index contributed by atoms with van der Waals surface area (Å²) < 4.78 is 37.6. The Bertz CT molecular complexity index is 924. The van der Waals surface area contributed by atoms with E-state index in [2.05, 4.69) is 5.32 Å². The van der Waals surface area contributed by atoms with E-state index in [0.29, 0.717) is 48.3 Å². The van der Waals surface area contributed by atoms with Crippen LogP contribution in [0, 0.1) is 5.92 Å². The van der Waals surface area contributed by atoms with Gasteiger partial charge in [-0.1, -0.05) is 42.5 Å². The van der Waals surface area contributed by atoms with Crippen LogP contribution >= 0.6 is 11.8 Å². The molecule has 4 nitrogen and oxygen atoms in total. The first-order chi connectivity index (χ1) is 14.8. The maximum atomic E-state index is 12.6. The average Bonchev–Trinajstić information content (AvgIpc) is 2.77. The average molecular weight is 449 g/mol. The van der Waals surface area contributed by atoms with Crippen LogP contribution in [0.3, 0.4) is 0 Å². The summed E-state index contributed by atoms with van der Waals surface area (Å²) in [5.74, 6) is -1.64. The standard InChI is InChI=1S/C23H23F3N2O2S/c24-23(25,26)16-31-20-9-5-4-8-19(20)27-22(30)18-12-14-28(15-13-18)21(29)11-10-17-6-2-1-3-7-17/h1-11,18H,12-16H2,(H,27,30)/b11-10+. The molecule has 31 heavy (non-hydrogen) atoms. The summed E-state index contributed by atoms with van der Waals surface area (Å²) in [5, 5.41) is 2.76. The highest BCUT2D eigenvalue weighted by atomic mass is 32.2. The first-order valence-electron chi connectivity index (χ1n) is 9.93. The maximum Gasteiger partial charge on any atom is 0.398 e. The Morgan fingerprint density at radius 2 is 1.68 bits per heavy atom. The molecule has 1 aliphatic heterocycles. The van der Waals surface area contributed by atoms with Gasteiger partial charge in [0, 0.05) is 30.0 Å². The van der Waals surface area contributed by atoms with E-state index in [4.69, 9.17) is 0 Å². The summed E-state index contributed by atoms with van der Waals surface area (Å²) in [7, 11) is 0. The molecule has 1 fully saturated rings. The van der Waals surface area contributed by atoms with Crippen LogP contribution in [0.2, 0.25) is 0 Å². The predicted molar refractivity (Wildman–Crippen MR) is 117 cm³/mol. The lowest BCUT2D eigenvalue weighted by Gasteiger charge is -2.30. The second-order valence-electron chi connectivity index (χ2n) is 7.23. The highest BCUT2D eigenvalue weighted by Gasteiger charge is 2.29. The number of nitrogens with one attached hydrogen (secondary N) is 1. The van der Waals surface area contributed by atoms with Gasteiger partial charge in [-0.2, -0.15) is 13.2 Å². The number of carbonyl (C=O) groups is 2. The van der Waals surface area contributed by atoms with Gasteiger partial charge in [0.05, 0.1) is 11.4 Å². The van der Waals surface area contributed by atoms with Crippen LogP contribution in [0.5, 0.6) is 0 Å². The van der Waals surface area contributed by atoms with E-state index in [1.807, 2.05) is 30.3 Å². The molecule has 8 heteroatoms. The van der Waals surface area contributed by atoms with Gasteiger partial charge >= 0.3 is 6.18 Å². The molecule has 0 saturated carbocycles. The van der Waals surface area contributed by atoms with Crippen LogP contribution in [0.4, 0.5) is 18.9 Å². The van der Waals surface area contributed by atoms with Gasteiger partial charge in [0.2, 0.25) is 11.8 Å². The van der Waals surface area contributed by atoms with Crippen molar-refractivity contribution in [2.75, 3.05) is 24.2 Å². The van der Waals surface area contributed by atoms with Crippen LogP contribution in [-0.2, 0) is 9.59 Å². The first-order valence-corrected chi connectivity index (χ1v) is 10.9. The number of alkyl halides is 3. The molecule has 3 rings (SSSR count). The highest BCUT2D eigenvalue weighted by molar-refractivity contribution is 7.99. The van der Waals surface area contributed by atoms with Crippen LogP contribution < -0.4 is 5.32 Å². The maximum absolute atomic E-state index is 12.6.